The number of hydrogen-bond donors (Lipinski definition) is 3. The van der Waals surface area contributed by atoms with Crippen molar-refractivity contribution in [3.63, 3.8) is 0 Å². The van der Waals surface area contributed by atoms with Gasteiger partial charge in [-0.05, 0) is 26.3 Å². The van der Waals surface area contributed by atoms with E-state index in [4.69, 9.17) is 4.74 Å². The first-order chi connectivity index (χ1) is 9.77. The number of amides is 1. The van der Waals surface area contributed by atoms with Crippen molar-refractivity contribution in [3.8, 4) is 0 Å². The van der Waals surface area contributed by atoms with Crippen molar-refractivity contribution < 1.29 is 14.6 Å². The van der Waals surface area contributed by atoms with Crippen LogP contribution in [-0.2, 0) is 4.74 Å². The maximum Gasteiger partial charge on any atom is 0.408 e. The van der Waals surface area contributed by atoms with E-state index in [1.807, 2.05) is 51.1 Å². The number of benzene rings is 1. The summed E-state index contributed by atoms with van der Waals surface area (Å²) in [5, 5.41) is 16.3. The van der Waals surface area contributed by atoms with Crippen LogP contribution in [0, 0.1) is 0 Å². The number of alkyl carbamates (subject to hydrolysis) is 1. The van der Waals surface area contributed by atoms with Crippen molar-refractivity contribution in [1.82, 2.24) is 10.6 Å². The number of carbonyl (C=O) groups excluding carboxylic acids is 1. The third kappa shape index (κ3) is 4.72. The van der Waals surface area contributed by atoms with Crippen LogP contribution in [0.5, 0.6) is 0 Å². The summed E-state index contributed by atoms with van der Waals surface area (Å²) in [5.74, 6) is 0. The molecule has 3 N–H and O–H groups in total. The molecule has 1 aromatic rings. The molecule has 0 spiro atoms. The lowest BCUT2D eigenvalue weighted by Gasteiger charge is -2.40. The lowest BCUT2D eigenvalue weighted by Crippen LogP contribution is -2.60. The number of aliphatic hydroxyl groups is 1. The van der Waals surface area contributed by atoms with Gasteiger partial charge in [0, 0.05) is 19.5 Å². The first-order valence-electron chi connectivity index (χ1n) is 7.25. The molecule has 1 fully saturated rings. The minimum absolute atomic E-state index is 0.270. The van der Waals surface area contributed by atoms with Crippen LogP contribution >= 0.6 is 0 Å². The molecule has 1 saturated heterocycles. The van der Waals surface area contributed by atoms with E-state index >= 15 is 0 Å². The monoisotopic (exact) mass is 292 g/mol. The third-order valence-corrected chi connectivity index (χ3v) is 3.39. The van der Waals surface area contributed by atoms with Crippen LogP contribution < -0.4 is 10.6 Å². The van der Waals surface area contributed by atoms with Crippen LogP contribution in [-0.4, -0.2) is 35.5 Å². The SMILES string of the molecule is CC(C)(C)OC(=O)NC(CC1(O)CNC1)c1ccccc1. The molecule has 5 nitrogen and oxygen atoms in total. The van der Waals surface area contributed by atoms with Crippen LogP contribution in [0.2, 0.25) is 0 Å². The van der Waals surface area contributed by atoms with Gasteiger partial charge in [-0.25, -0.2) is 4.79 Å². The zero-order valence-electron chi connectivity index (χ0n) is 12.8. The second kappa shape index (κ2) is 6.03. The van der Waals surface area contributed by atoms with Gasteiger partial charge in [-0.1, -0.05) is 30.3 Å². The largest absolute Gasteiger partial charge is 0.444 e. The Labute approximate surface area is 125 Å². The Morgan fingerprint density at radius 2 is 2.00 bits per heavy atom. The van der Waals surface area contributed by atoms with Gasteiger partial charge in [0.25, 0.3) is 0 Å². The first kappa shape index (κ1) is 15.8. The van der Waals surface area contributed by atoms with E-state index in [-0.39, 0.29) is 6.04 Å². The Balaban J connectivity index is 2.07. The molecule has 116 valence electrons. The summed E-state index contributed by atoms with van der Waals surface area (Å²) in [4.78, 5) is 12.0. The predicted molar refractivity (Wildman–Crippen MR) is 81.0 cm³/mol. The van der Waals surface area contributed by atoms with Crippen LogP contribution in [0.4, 0.5) is 4.79 Å². The maximum absolute atomic E-state index is 12.0. The molecule has 1 atom stereocenters. The van der Waals surface area contributed by atoms with E-state index in [1.54, 1.807) is 0 Å². The highest BCUT2D eigenvalue weighted by Crippen LogP contribution is 2.27. The molecule has 0 bridgehead atoms. The lowest BCUT2D eigenvalue weighted by molar-refractivity contribution is -0.0265. The molecule has 1 heterocycles. The highest BCUT2D eigenvalue weighted by atomic mass is 16.6. The molecule has 0 aromatic heterocycles. The van der Waals surface area contributed by atoms with Crippen LogP contribution in [0.1, 0.15) is 38.8 Å². The fourth-order valence-corrected chi connectivity index (χ4v) is 2.33. The van der Waals surface area contributed by atoms with Crippen LogP contribution in [0.25, 0.3) is 0 Å². The van der Waals surface area contributed by atoms with Gasteiger partial charge in [-0.2, -0.15) is 0 Å². The van der Waals surface area contributed by atoms with Crippen molar-refractivity contribution in [2.75, 3.05) is 13.1 Å². The highest BCUT2D eigenvalue weighted by Gasteiger charge is 2.37. The van der Waals surface area contributed by atoms with E-state index in [2.05, 4.69) is 10.6 Å². The first-order valence-corrected chi connectivity index (χ1v) is 7.25. The van der Waals surface area contributed by atoms with Gasteiger partial charge in [-0.3, -0.25) is 0 Å². The Bertz CT molecular complexity index is 478. The number of nitrogens with one attached hydrogen (secondary N) is 2. The Morgan fingerprint density at radius 1 is 1.38 bits per heavy atom. The zero-order chi connectivity index (χ0) is 15.5. The summed E-state index contributed by atoms with van der Waals surface area (Å²) in [6, 6.07) is 9.38. The van der Waals surface area contributed by atoms with E-state index < -0.39 is 17.3 Å². The molecule has 2 rings (SSSR count). The summed E-state index contributed by atoms with van der Waals surface area (Å²) in [6.45, 7) is 6.58. The topological polar surface area (TPSA) is 70.6 Å². The van der Waals surface area contributed by atoms with Gasteiger partial charge in [0.15, 0.2) is 0 Å². The average Bonchev–Trinajstić information content (AvgIpc) is 2.35. The standard InChI is InChI=1S/C16H24N2O3/c1-15(2,3)21-14(19)18-13(9-16(20)10-17-11-16)12-7-5-4-6-8-12/h4-8,13,17,20H,9-11H2,1-3H3,(H,18,19). The van der Waals surface area contributed by atoms with E-state index in [1.165, 1.54) is 0 Å². The summed E-state index contributed by atoms with van der Waals surface area (Å²) < 4.78 is 5.31. The minimum atomic E-state index is -0.768. The molecule has 5 heteroatoms. The summed E-state index contributed by atoms with van der Waals surface area (Å²) in [6.07, 6.45) is -0.00396. The smallest absolute Gasteiger partial charge is 0.408 e. The Morgan fingerprint density at radius 3 is 2.48 bits per heavy atom. The number of β-amino-alcohol motifs (C(OH)–C–C–N with tert-alkyl or cyclic N) is 1. The lowest BCUT2D eigenvalue weighted by atomic mass is 9.86. The van der Waals surface area contributed by atoms with Crippen molar-refractivity contribution in [2.45, 2.75) is 44.4 Å². The molecule has 0 radical (unpaired) electrons. The predicted octanol–water partition coefficient (Wildman–Crippen LogP) is 1.98. The van der Waals surface area contributed by atoms with Crippen molar-refractivity contribution in [3.05, 3.63) is 35.9 Å². The van der Waals surface area contributed by atoms with Crippen molar-refractivity contribution in [1.29, 1.82) is 0 Å². The minimum Gasteiger partial charge on any atom is -0.444 e. The zero-order valence-corrected chi connectivity index (χ0v) is 12.8. The molecule has 21 heavy (non-hydrogen) atoms. The van der Waals surface area contributed by atoms with E-state index in [9.17, 15) is 9.90 Å². The molecular weight excluding hydrogens is 268 g/mol. The van der Waals surface area contributed by atoms with Crippen molar-refractivity contribution in [2.24, 2.45) is 0 Å². The molecule has 1 aliphatic heterocycles. The Hall–Kier alpha value is -1.59. The number of hydrogen-bond acceptors (Lipinski definition) is 4. The number of rotatable bonds is 4. The van der Waals surface area contributed by atoms with Crippen LogP contribution in [0.15, 0.2) is 30.3 Å². The van der Waals surface area contributed by atoms with E-state index in [0.29, 0.717) is 19.5 Å². The van der Waals surface area contributed by atoms with Gasteiger partial charge < -0.3 is 20.5 Å². The van der Waals surface area contributed by atoms with Gasteiger partial charge in [-0.15, -0.1) is 0 Å². The summed E-state index contributed by atoms with van der Waals surface area (Å²) >= 11 is 0. The normalized spacial score (nSPS) is 18.5. The molecule has 0 saturated carbocycles. The molecular formula is C16H24N2O3. The van der Waals surface area contributed by atoms with Gasteiger partial charge in [0.1, 0.15) is 5.60 Å². The van der Waals surface area contributed by atoms with Gasteiger partial charge in [0.05, 0.1) is 11.6 Å². The van der Waals surface area contributed by atoms with Gasteiger partial charge >= 0.3 is 6.09 Å². The molecule has 1 aliphatic rings. The maximum atomic E-state index is 12.0. The second-order valence-electron chi connectivity index (χ2n) is 6.64. The quantitative estimate of drug-likeness (QED) is 0.793. The molecule has 0 aliphatic carbocycles. The highest BCUT2D eigenvalue weighted by molar-refractivity contribution is 5.68. The summed E-state index contributed by atoms with van der Waals surface area (Å²) in [5.41, 5.74) is -0.348. The van der Waals surface area contributed by atoms with Gasteiger partial charge in [0.2, 0.25) is 0 Å². The number of ether oxygens (including phenoxy) is 1. The molecule has 1 amide bonds. The second-order valence-corrected chi connectivity index (χ2v) is 6.64. The van der Waals surface area contributed by atoms with Crippen LogP contribution in [0.3, 0.4) is 0 Å². The van der Waals surface area contributed by atoms with E-state index in [0.717, 1.165) is 5.56 Å². The fourth-order valence-electron chi connectivity index (χ4n) is 2.33. The average molecular weight is 292 g/mol. The van der Waals surface area contributed by atoms with Crippen molar-refractivity contribution >= 4 is 6.09 Å². The molecule has 1 unspecified atom stereocenters. The fraction of sp³-hybridized carbons (Fsp3) is 0.562. The Kier molecular flexibility index (Phi) is 4.54. The third-order valence-electron chi connectivity index (χ3n) is 3.39. The number of carbonyl (C=O) groups is 1. The molecule has 1 aromatic carbocycles. The summed E-state index contributed by atoms with van der Waals surface area (Å²) in [7, 11) is 0.